The Labute approximate surface area is 155 Å². The second kappa shape index (κ2) is 6.84. The average molecular weight is 381 g/mol. The molecule has 0 amide bonds. The van der Waals surface area contributed by atoms with E-state index >= 15 is 0 Å². The zero-order valence-electron chi connectivity index (χ0n) is 13.7. The van der Waals surface area contributed by atoms with Crippen LogP contribution in [0.15, 0.2) is 18.2 Å². The Balaban J connectivity index is 1.81. The lowest BCUT2D eigenvalue weighted by Crippen LogP contribution is -2.19. The highest BCUT2D eigenvalue weighted by atomic mass is 35.5. The van der Waals surface area contributed by atoms with Gasteiger partial charge in [-0.1, -0.05) is 29.3 Å². The molecule has 0 saturated heterocycles. The smallest absolute Gasteiger partial charge is 0.146 e. The highest BCUT2D eigenvalue weighted by Gasteiger charge is 2.14. The number of nitrogens with two attached hydrogens (primary N) is 1. The van der Waals surface area contributed by atoms with Crippen LogP contribution < -0.4 is 5.73 Å². The molecule has 0 fully saturated rings. The summed E-state index contributed by atoms with van der Waals surface area (Å²) in [4.78, 5) is 13.4. The number of halogens is 2. The summed E-state index contributed by atoms with van der Waals surface area (Å²) < 4.78 is 0. The van der Waals surface area contributed by atoms with Crippen molar-refractivity contribution in [2.75, 3.05) is 12.8 Å². The number of nitrogens with zero attached hydrogens (tertiary/aromatic N) is 3. The average Bonchev–Trinajstić information content (AvgIpc) is 2.77. The monoisotopic (exact) mass is 380 g/mol. The molecule has 0 atom stereocenters. The summed E-state index contributed by atoms with van der Waals surface area (Å²) in [6.07, 6.45) is 0. The standard InChI is InChI=1S/C17H18Cl2N4S/c1-9-10(2)24-17-15(9)16(20)21-14(22-17)8-23(3)7-11-4-5-12(18)6-13(11)19/h4-6H,7-8H2,1-3H3,(H2,20,21,22). The topological polar surface area (TPSA) is 55.0 Å². The number of thiophene rings is 1. The number of anilines is 1. The van der Waals surface area contributed by atoms with Gasteiger partial charge in [0.15, 0.2) is 0 Å². The van der Waals surface area contributed by atoms with E-state index in [0.29, 0.717) is 34.8 Å². The molecular formula is C17H18Cl2N4S. The van der Waals surface area contributed by atoms with Crippen LogP contribution in [0.5, 0.6) is 0 Å². The number of benzene rings is 1. The molecule has 0 spiro atoms. The zero-order chi connectivity index (χ0) is 17.4. The lowest BCUT2D eigenvalue weighted by Gasteiger charge is -2.17. The van der Waals surface area contributed by atoms with Crippen LogP contribution >= 0.6 is 34.5 Å². The van der Waals surface area contributed by atoms with Gasteiger partial charge in [-0.05, 0) is 44.2 Å². The molecule has 3 rings (SSSR count). The summed E-state index contributed by atoms with van der Waals surface area (Å²) >= 11 is 13.8. The van der Waals surface area contributed by atoms with Crippen LogP contribution in [0.25, 0.3) is 10.2 Å². The Morgan fingerprint density at radius 2 is 1.92 bits per heavy atom. The summed E-state index contributed by atoms with van der Waals surface area (Å²) in [6.45, 7) is 5.41. The van der Waals surface area contributed by atoms with E-state index in [1.54, 1.807) is 17.4 Å². The van der Waals surface area contributed by atoms with Gasteiger partial charge in [0.2, 0.25) is 0 Å². The van der Waals surface area contributed by atoms with Gasteiger partial charge >= 0.3 is 0 Å². The van der Waals surface area contributed by atoms with Gasteiger partial charge in [-0.3, -0.25) is 4.90 Å². The number of nitrogen functional groups attached to an aromatic ring is 1. The van der Waals surface area contributed by atoms with Crippen LogP contribution in [0.1, 0.15) is 21.8 Å². The Morgan fingerprint density at radius 3 is 2.62 bits per heavy atom. The van der Waals surface area contributed by atoms with Crippen molar-refractivity contribution in [2.24, 2.45) is 0 Å². The van der Waals surface area contributed by atoms with E-state index in [2.05, 4.69) is 28.7 Å². The number of hydrogen-bond donors (Lipinski definition) is 1. The van der Waals surface area contributed by atoms with Gasteiger partial charge in [-0.15, -0.1) is 11.3 Å². The maximum absolute atomic E-state index is 6.24. The number of aryl methyl sites for hydroxylation is 2. The molecule has 0 saturated carbocycles. The first-order valence-corrected chi connectivity index (χ1v) is 9.07. The summed E-state index contributed by atoms with van der Waals surface area (Å²) in [6, 6.07) is 5.53. The van der Waals surface area contributed by atoms with Crippen molar-refractivity contribution in [2.45, 2.75) is 26.9 Å². The molecule has 24 heavy (non-hydrogen) atoms. The molecule has 126 valence electrons. The lowest BCUT2D eigenvalue weighted by atomic mass is 10.2. The predicted molar refractivity (Wildman–Crippen MR) is 103 cm³/mol. The minimum Gasteiger partial charge on any atom is -0.383 e. The van der Waals surface area contributed by atoms with Crippen molar-refractivity contribution < 1.29 is 0 Å². The molecular weight excluding hydrogens is 363 g/mol. The molecule has 0 aliphatic carbocycles. The van der Waals surface area contributed by atoms with E-state index in [9.17, 15) is 0 Å². The lowest BCUT2D eigenvalue weighted by molar-refractivity contribution is 0.311. The molecule has 2 aromatic heterocycles. The maximum atomic E-state index is 6.24. The molecule has 0 radical (unpaired) electrons. The number of aromatic nitrogens is 2. The minimum absolute atomic E-state index is 0.551. The van der Waals surface area contributed by atoms with Gasteiger partial charge in [-0.25, -0.2) is 9.97 Å². The molecule has 0 bridgehead atoms. The zero-order valence-corrected chi connectivity index (χ0v) is 16.1. The Kier molecular flexibility index (Phi) is 4.97. The van der Waals surface area contributed by atoms with Crippen molar-refractivity contribution >= 4 is 50.6 Å². The molecule has 3 aromatic rings. The first-order chi connectivity index (χ1) is 11.3. The van der Waals surface area contributed by atoms with Crippen LogP contribution in [-0.2, 0) is 13.1 Å². The van der Waals surface area contributed by atoms with Gasteiger partial charge in [-0.2, -0.15) is 0 Å². The predicted octanol–water partition coefficient (Wildman–Crippen LogP) is 4.83. The highest BCUT2D eigenvalue weighted by Crippen LogP contribution is 2.32. The van der Waals surface area contributed by atoms with E-state index < -0.39 is 0 Å². The van der Waals surface area contributed by atoms with Crippen LogP contribution in [-0.4, -0.2) is 21.9 Å². The van der Waals surface area contributed by atoms with Gasteiger partial charge in [0.25, 0.3) is 0 Å². The van der Waals surface area contributed by atoms with Gasteiger partial charge in [0.05, 0.1) is 11.9 Å². The van der Waals surface area contributed by atoms with Crippen molar-refractivity contribution in [3.8, 4) is 0 Å². The largest absolute Gasteiger partial charge is 0.383 e. The fourth-order valence-electron chi connectivity index (χ4n) is 2.64. The molecule has 0 aliphatic rings. The molecule has 7 heteroatoms. The summed E-state index contributed by atoms with van der Waals surface area (Å²) in [5, 5.41) is 2.27. The quantitative estimate of drug-likeness (QED) is 0.703. The van der Waals surface area contributed by atoms with E-state index in [1.165, 1.54) is 10.4 Å². The highest BCUT2D eigenvalue weighted by molar-refractivity contribution is 7.18. The van der Waals surface area contributed by atoms with Gasteiger partial charge in [0.1, 0.15) is 16.5 Å². The Morgan fingerprint density at radius 1 is 1.17 bits per heavy atom. The number of rotatable bonds is 4. The first kappa shape index (κ1) is 17.4. The third-order valence-electron chi connectivity index (χ3n) is 3.97. The van der Waals surface area contributed by atoms with Gasteiger partial charge in [0, 0.05) is 21.5 Å². The Hall–Kier alpha value is -1.40. The third-order valence-corrected chi connectivity index (χ3v) is 5.66. The number of hydrogen-bond acceptors (Lipinski definition) is 5. The molecule has 4 nitrogen and oxygen atoms in total. The molecule has 0 unspecified atom stereocenters. The second-order valence-electron chi connectivity index (χ2n) is 5.90. The summed E-state index contributed by atoms with van der Waals surface area (Å²) in [5.74, 6) is 1.27. The first-order valence-electron chi connectivity index (χ1n) is 7.49. The van der Waals surface area contributed by atoms with E-state index in [-0.39, 0.29) is 0 Å². The normalized spacial score (nSPS) is 11.6. The van der Waals surface area contributed by atoms with Crippen molar-refractivity contribution in [1.29, 1.82) is 0 Å². The maximum Gasteiger partial charge on any atom is 0.146 e. The minimum atomic E-state index is 0.551. The van der Waals surface area contributed by atoms with E-state index in [0.717, 1.165) is 15.8 Å². The molecule has 1 aromatic carbocycles. The fraction of sp³-hybridized carbons (Fsp3) is 0.294. The second-order valence-corrected chi connectivity index (χ2v) is 7.94. The number of fused-ring (bicyclic) bond motifs is 1. The molecule has 2 N–H and O–H groups in total. The Bertz CT molecular complexity index is 907. The molecule has 0 aliphatic heterocycles. The fourth-order valence-corrected chi connectivity index (χ4v) is 4.16. The van der Waals surface area contributed by atoms with Crippen LogP contribution in [0.4, 0.5) is 5.82 Å². The SMILES string of the molecule is Cc1sc2nc(CN(C)Cc3ccc(Cl)cc3Cl)nc(N)c2c1C. The van der Waals surface area contributed by atoms with E-state index in [4.69, 9.17) is 28.9 Å². The van der Waals surface area contributed by atoms with Crippen LogP contribution in [0.2, 0.25) is 10.0 Å². The third kappa shape index (κ3) is 3.49. The summed E-state index contributed by atoms with van der Waals surface area (Å²) in [5.41, 5.74) is 8.32. The van der Waals surface area contributed by atoms with Crippen molar-refractivity contribution in [1.82, 2.24) is 14.9 Å². The summed E-state index contributed by atoms with van der Waals surface area (Å²) in [7, 11) is 2.00. The van der Waals surface area contributed by atoms with Gasteiger partial charge < -0.3 is 5.73 Å². The van der Waals surface area contributed by atoms with E-state index in [1.807, 2.05) is 19.2 Å². The van der Waals surface area contributed by atoms with Crippen molar-refractivity contribution in [3.63, 3.8) is 0 Å². The van der Waals surface area contributed by atoms with Crippen LogP contribution in [0.3, 0.4) is 0 Å². The molecule has 2 heterocycles. The van der Waals surface area contributed by atoms with Crippen LogP contribution in [0, 0.1) is 13.8 Å². The van der Waals surface area contributed by atoms with Crippen molar-refractivity contribution in [3.05, 3.63) is 50.1 Å².